The minimum atomic E-state index is -0.646. The van der Waals surface area contributed by atoms with E-state index >= 15 is 0 Å². The fraction of sp³-hybridized carbons (Fsp3) is 0.286. The first-order chi connectivity index (χ1) is 17.4. The number of ether oxygens (including phenoxy) is 3. The lowest BCUT2D eigenvalue weighted by Gasteiger charge is -2.23. The molecule has 1 fully saturated rings. The maximum absolute atomic E-state index is 12.9. The summed E-state index contributed by atoms with van der Waals surface area (Å²) in [4.78, 5) is 34.2. The molecule has 0 saturated carbocycles. The number of esters is 2. The van der Waals surface area contributed by atoms with Crippen molar-refractivity contribution in [3.8, 4) is 0 Å². The topological polar surface area (TPSA) is 86.6 Å². The Bertz CT molecular complexity index is 1290. The van der Waals surface area contributed by atoms with Gasteiger partial charge in [0.15, 0.2) is 0 Å². The third kappa shape index (κ3) is 5.03. The molecule has 0 bridgehead atoms. The van der Waals surface area contributed by atoms with E-state index in [0.29, 0.717) is 22.7 Å². The standard InChI is InChI=1S/C28H25ClN2O5/c1-16-3-7-18(8-4-16)27(32)34-15-24-23(36-28(33)19-9-5-17(2)6-10-19)13-22(35-24)21-14-31-26(29)20-11-12-30-25(20)21/h3-12,14,21-24H,13,15H2,1-2H3/t21?,22-,23+,24-/m1/s1. The van der Waals surface area contributed by atoms with Gasteiger partial charge in [-0.1, -0.05) is 47.0 Å². The number of aryl methyl sites for hydroxylation is 2. The molecule has 36 heavy (non-hydrogen) atoms. The molecule has 5 rings (SSSR count). The number of aliphatic imine (C=N–C) groups is 2. The van der Waals surface area contributed by atoms with Crippen LogP contribution in [0.3, 0.4) is 0 Å². The van der Waals surface area contributed by atoms with Crippen LogP contribution in [0.1, 0.15) is 38.3 Å². The molecule has 2 aromatic carbocycles. The lowest BCUT2D eigenvalue weighted by Crippen LogP contribution is -2.33. The van der Waals surface area contributed by atoms with Crippen LogP contribution in [0.15, 0.2) is 81.5 Å². The van der Waals surface area contributed by atoms with Gasteiger partial charge < -0.3 is 14.2 Å². The van der Waals surface area contributed by atoms with Gasteiger partial charge in [0, 0.05) is 24.4 Å². The highest BCUT2D eigenvalue weighted by Gasteiger charge is 2.44. The summed E-state index contributed by atoms with van der Waals surface area (Å²) in [7, 11) is 0. The Morgan fingerprint density at radius 3 is 2.31 bits per heavy atom. The summed E-state index contributed by atoms with van der Waals surface area (Å²) in [6.07, 6.45) is 3.94. The molecule has 2 aromatic rings. The van der Waals surface area contributed by atoms with Gasteiger partial charge in [-0.3, -0.25) is 4.99 Å². The summed E-state index contributed by atoms with van der Waals surface area (Å²) >= 11 is 6.23. The quantitative estimate of drug-likeness (QED) is 0.410. The summed E-state index contributed by atoms with van der Waals surface area (Å²) in [5.74, 6) is -1.19. The maximum atomic E-state index is 12.9. The van der Waals surface area contributed by atoms with Crippen LogP contribution in [0.4, 0.5) is 0 Å². The van der Waals surface area contributed by atoms with Crippen LogP contribution < -0.4 is 0 Å². The van der Waals surface area contributed by atoms with Gasteiger partial charge >= 0.3 is 11.9 Å². The van der Waals surface area contributed by atoms with E-state index < -0.39 is 24.1 Å². The van der Waals surface area contributed by atoms with E-state index in [1.54, 1.807) is 36.7 Å². The van der Waals surface area contributed by atoms with Crippen molar-refractivity contribution in [1.82, 2.24) is 0 Å². The molecule has 3 heterocycles. The SMILES string of the molecule is Cc1ccc(C(=O)OC[C@H]2O[C@@H](C3C=NC(Cl)=C4C=CN=C43)C[C@@H]2OC(=O)c2ccc(C)cc2)cc1. The Morgan fingerprint density at radius 2 is 1.64 bits per heavy atom. The second kappa shape index (κ2) is 10.2. The third-order valence-electron chi connectivity index (χ3n) is 6.46. The number of carbonyl (C=O) groups is 2. The Kier molecular flexibility index (Phi) is 6.85. The molecule has 3 aliphatic heterocycles. The molecule has 3 aliphatic rings. The van der Waals surface area contributed by atoms with E-state index in [1.165, 1.54) is 0 Å². The molecule has 0 aromatic heterocycles. The first kappa shape index (κ1) is 24.2. The zero-order chi connectivity index (χ0) is 25.2. The van der Waals surface area contributed by atoms with E-state index in [0.717, 1.165) is 22.4 Å². The van der Waals surface area contributed by atoms with Crippen molar-refractivity contribution in [2.24, 2.45) is 15.9 Å². The van der Waals surface area contributed by atoms with Crippen molar-refractivity contribution in [3.63, 3.8) is 0 Å². The molecule has 1 unspecified atom stereocenters. The van der Waals surface area contributed by atoms with Crippen LogP contribution >= 0.6 is 11.6 Å². The first-order valence-corrected chi connectivity index (χ1v) is 12.1. The van der Waals surface area contributed by atoms with Gasteiger partial charge in [-0.25, -0.2) is 14.6 Å². The maximum Gasteiger partial charge on any atom is 0.338 e. The van der Waals surface area contributed by atoms with Crippen LogP contribution in [-0.2, 0) is 14.2 Å². The number of halogens is 1. The number of benzene rings is 2. The minimum absolute atomic E-state index is 0.0624. The fourth-order valence-corrected chi connectivity index (χ4v) is 4.64. The number of hydrogen-bond donors (Lipinski definition) is 0. The molecular formula is C28H25ClN2O5. The smallest absolute Gasteiger partial charge is 0.338 e. The molecular weight excluding hydrogens is 480 g/mol. The monoisotopic (exact) mass is 504 g/mol. The average molecular weight is 505 g/mol. The molecule has 184 valence electrons. The van der Waals surface area contributed by atoms with Crippen molar-refractivity contribution < 1.29 is 23.8 Å². The summed E-state index contributed by atoms with van der Waals surface area (Å²) in [5, 5.41) is 0.377. The summed E-state index contributed by atoms with van der Waals surface area (Å²) < 4.78 is 17.7. The number of carbonyl (C=O) groups excluding carboxylic acids is 2. The minimum Gasteiger partial charge on any atom is -0.459 e. The lowest BCUT2D eigenvalue weighted by molar-refractivity contribution is -0.0437. The lowest BCUT2D eigenvalue weighted by atomic mass is 9.90. The van der Waals surface area contributed by atoms with Crippen LogP contribution in [-0.4, -0.2) is 48.8 Å². The molecule has 4 atom stereocenters. The number of rotatable bonds is 6. The molecule has 0 radical (unpaired) electrons. The highest BCUT2D eigenvalue weighted by atomic mass is 35.5. The number of nitrogens with zero attached hydrogens (tertiary/aromatic N) is 2. The summed E-state index contributed by atoms with van der Waals surface area (Å²) in [5.41, 5.74) is 4.50. The van der Waals surface area contributed by atoms with E-state index in [-0.39, 0.29) is 18.6 Å². The van der Waals surface area contributed by atoms with Crippen molar-refractivity contribution in [2.75, 3.05) is 6.61 Å². The summed E-state index contributed by atoms with van der Waals surface area (Å²) in [6.45, 7) is 3.83. The van der Waals surface area contributed by atoms with E-state index in [4.69, 9.17) is 25.8 Å². The number of fused-ring (bicyclic) bond motifs is 1. The van der Waals surface area contributed by atoms with Crippen LogP contribution in [0.25, 0.3) is 0 Å². The molecule has 0 N–H and O–H groups in total. The second-order valence-corrected chi connectivity index (χ2v) is 9.42. The number of hydrogen-bond acceptors (Lipinski definition) is 7. The molecule has 1 saturated heterocycles. The van der Waals surface area contributed by atoms with Crippen molar-refractivity contribution in [2.45, 2.75) is 38.6 Å². The Morgan fingerprint density at radius 1 is 1.00 bits per heavy atom. The molecule has 8 heteroatoms. The van der Waals surface area contributed by atoms with Gasteiger partial charge in [-0.05, 0) is 44.2 Å². The molecule has 0 amide bonds. The Hall–Kier alpha value is -3.55. The first-order valence-electron chi connectivity index (χ1n) is 11.7. The zero-order valence-electron chi connectivity index (χ0n) is 19.9. The Labute approximate surface area is 214 Å². The highest BCUT2D eigenvalue weighted by molar-refractivity contribution is 6.35. The van der Waals surface area contributed by atoms with E-state index in [2.05, 4.69) is 9.98 Å². The average Bonchev–Trinajstić information content (AvgIpc) is 3.52. The predicted octanol–water partition coefficient (Wildman–Crippen LogP) is 4.96. The van der Waals surface area contributed by atoms with Crippen LogP contribution in [0.2, 0.25) is 0 Å². The van der Waals surface area contributed by atoms with Gasteiger partial charge in [0.25, 0.3) is 0 Å². The molecule has 0 aliphatic carbocycles. The van der Waals surface area contributed by atoms with Crippen molar-refractivity contribution in [3.05, 3.63) is 93.8 Å². The van der Waals surface area contributed by atoms with E-state index in [1.807, 2.05) is 44.2 Å². The van der Waals surface area contributed by atoms with Gasteiger partial charge in [0.05, 0.1) is 28.9 Å². The normalized spacial score (nSPS) is 24.5. The molecule has 7 nitrogen and oxygen atoms in total. The highest BCUT2D eigenvalue weighted by Crippen LogP contribution is 2.35. The van der Waals surface area contributed by atoms with Crippen LogP contribution in [0, 0.1) is 19.8 Å². The van der Waals surface area contributed by atoms with Gasteiger partial charge in [-0.2, -0.15) is 0 Å². The summed E-state index contributed by atoms with van der Waals surface area (Å²) in [6, 6.07) is 14.3. The molecule has 0 spiro atoms. The Balaban J connectivity index is 1.32. The largest absolute Gasteiger partial charge is 0.459 e. The van der Waals surface area contributed by atoms with Crippen LogP contribution in [0.5, 0.6) is 0 Å². The third-order valence-corrected chi connectivity index (χ3v) is 6.76. The predicted molar refractivity (Wildman–Crippen MR) is 137 cm³/mol. The van der Waals surface area contributed by atoms with E-state index in [9.17, 15) is 9.59 Å². The second-order valence-electron chi connectivity index (χ2n) is 9.06. The fourth-order valence-electron chi connectivity index (χ4n) is 4.42. The van der Waals surface area contributed by atoms with Crippen molar-refractivity contribution >= 4 is 35.5 Å². The van der Waals surface area contributed by atoms with Gasteiger partial charge in [-0.15, -0.1) is 0 Å². The van der Waals surface area contributed by atoms with Gasteiger partial charge in [0.1, 0.15) is 24.0 Å². The van der Waals surface area contributed by atoms with Gasteiger partial charge in [0.2, 0.25) is 0 Å². The van der Waals surface area contributed by atoms with Crippen molar-refractivity contribution in [1.29, 1.82) is 0 Å². The number of allylic oxidation sites excluding steroid dienone is 2. The zero-order valence-corrected chi connectivity index (χ0v) is 20.6.